The Balaban J connectivity index is 1.56. The van der Waals surface area contributed by atoms with Gasteiger partial charge < -0.3 is 36.1 Å². The molecule has 2 aliphatic carbocycles. The second-order valence-electron chi connectivity index (χ2n) is 14.5. The van der Waals surface area contributed by atoms with Gasteiger partial charge in [-0.25, -0.2) is 4.79 Å². The number of pyridine rings is 2. The molecule has 13 nitrogen and oxygen atoms in total. The molecule has 51 heavy (non-hydrogen) atoms. The molecule has 2 fully saturated rings. The number of nitrogens with zero attached hydrogens (tertiary/aromatic N) is 4. The molecule has 4 aromatic rings. The first-order chi connectivity index (χ1) is 24.1. The lowest BCUT2D eigenvalue weighted by atomic mass is 9.95. The normalized spacial score (nSPS) is 19.0. The quantitative estimate of drug-likeness (QED) is 0.119. The minimum atomic E-state index is -1.07. The highest BCUT2D eigenvalue weighted by atomic mass is 35.5. The van der Waals surface area contributed by atoms with Crippen molar-refractivity contribution in [3.63, 3.8) is 0 Å². The molecule has 0 radical (unpaired) electrons. The molecule has 0 bridgehead atoms. The van der Waals surface area contributed by atoms with Gasteiger partial charge in [0.05, 0.1) is 33.2 Å². The molecular weight excluding hydrogens is 672 g/mol. The molecular formula is C37H41ClN8O5. The minimum Gasteiger partial charge on any atom is -0.427 e. The molecule has 2 saturated carbocycles. The predicted octanol–water partition coefficient (Wildman–Crippen LogP) is 5.15. The number of rotatable bonds is 11. The Morgan fingerprint density at radius 1 is 1.22 bits per heavy atom. The number of carbonyl (C=O) groups excluding carboxylic acids is 2. The molecule has 266 valence electrons. The number of aryl methyl sites for hydroxylation is 1. The van der Waals surface area contributed by atoms with E-state index in [2.05, 4.69) is 42.5 Å². The molecule has 1 amide bonds. The van der Waals surface area contributed by atoms with Crippen LogP contribution in [-0.2, 0) is 21.3 Å². The molecule has 6 N–H and O–H groups in total. The van der Waals surface area contributed by atoms with E-state index >= 15 is 0 Å². The van der Waals surface area contributed by atoms with Crippen molar-refractivity contribution in [1.29, 1.82) is 5.26 Å². The number of esters is 1. The summed E-state index contributed by atoms with van der Waals surface area (Å²) in [6.45, 7) is 7.40. The van der Waals surface area contributed by atoms with Crippen molar-refractivity contribution < 1.29 is 19.1 Å². The summed E-state index contributed by atoms with van der Waals surface area (Å²) in [6.07, 6.45) is 5.91. The largest absolute Gasteiger partial charge is 0.427 e. The second-order valence-corrected chi connectivity index (χ2v) is 14.9. The number of fused-ring (bicyclic) bond motifs is 3. The molecule has 14 heteroatoms. The molecule has 0 spiro atoms. The van der Waals surface area contributed by atoms with Gasteiger partial charge in [-0.15, -0.1) is 0 Å². The maximum atomic E-state index is 14.4. The predicted molar refractivity (Wildman–Crippen MR) is 196 cm³/mol. The van der Waals surface area contributed by atoms with E-state index in [1.165, 1.54) is 22.6 Å². The van der Waals surface area contributed by atoms with Crippen molar-refractivity contribution >= 4 is 56.7 Å². The molecule has 2 heterocycles. The van der Waals surface area contributed by atoms with E-state index in [0.717, 1.165) is 12.8 Å². The van der Waals surface area contributed by atoms with E-state index < -0.39 is 30.9 Å². The summed E-state index contributed by atoms with van der Waals surface area (Å²) in [5.74, 6) is -0.179. The van der Waals surface area contributed by atoms with Gasteiger partial charge in [0.1, 0.15) is 18.2 Å². The summed E-state index contributed by atoms with van der Waals surface area (Å²) >= 11 is 6.91. The highest BCUT2D eigenvalue weighted by Gasteiger charge is 2.69. The van der Waals surface area contributed by atoms with Crippen molar-refractivity contribution in [3.8, 4) is 6.07 Å². The van der Waals surface area contributed by atoms with Gasteiger partial charge in [-0.3, -0.25) is 19.5 Å². The summed E-state index contributed by atoms with van der Waals surface area (Å²) in [7, 11) is 1.66. The summed E-state index contributed by atoms with van der Waals surface area (Å²) in [5.41, 5.74) is 14.4. The van der Waals surface area contributed by atoms with E-state index in [4.69, 9.17) is 32.5 Å². The van der Waals surface area contributed by atoms with Gasteiger partial charge in [-0.05, 0) is 66.3 Å². The Hall–Kier alpha value is -5.32. The van der Waals surface area contributed by atoms with E-state index in [1.807, 2.05) is 0 Å². The number of anilines is 2. The maximum Gasteiger partial charge on any atom is 0.418 e. The first-order valence-electron chi connectivity index (χ1n) is 16.6. The zero-order chi connectivity index (χ0) is 36.8. The number of nitriles is 1. The van der Waals surface area contributed by atoms with Gasteiger partial charge in [0, 0.05) is 48.5 Å². The first kappa shape index (κ1) is 35.5. The number of hydrogen-bond acceptors (Lipinski definition) is 11. The van der Waals surface area contributed by atoms with Crippen LogP contribution in [0.15, 0.2) is 65.5 Å². The van der Waals surface area contributed by atoms with Crippen LogP contribution >= 0.6 is 11.6 Å². The van der Waals surface area contributed by atoms with Crippen molar-refractivity contribution in [2.24, 2.45) is 29.8 Å². The van der Waals surface area contributed by atoms with Crippen LogP contribution in [0.25, 0.3) is 21.7 Å². The number of ether oxygens (including phenoxy) is 2. The third-order valence-corrected chi connectivity index (χ3v) is 9.58. The fourth-order valence-electron chi connectivity index (χ4n) is 6.06. The van der Waals surface area contributed by atoms with Crippen LogP contribution in [0.5, 0.6) is 0 Å². The van der Waals surface area contributed by atoms with Crippen molar-refractivity contribution in [2.45, 2.75) is 58.2 Å². The van der Waals surface area contributed by atoms with Crippen molar-refractivity contribution in [3.05, 3.63) is 87.2 Å². The summed E-state index contributed by atoms with van der Waals surface area (Å²) in [5, 5.41) is 18.5. The number of amides is 1. The van der Waals surface area contributed by atoms with Crippen LogP contribution in [0.3, 0.4) is 0 Å². The van der Waals surface area contributed by atoms with Crippen LogP contribution in [0.1, 0.15) is 57.7 Å². The van der Waals surface area contributed by atoms with Crippen LogP contribution in [0, 0.1) is 22.7 Å². The molecule has 2 aliphatic rings. The monoisotopic (exact) mass is 712 g/mol. The fraction of sp³-hybridized carbons (Fsp3) is 0.378. The topological polar surface area (TPSA) is 191 Å². The lowest BCUT2D eigenvalue weighted by molar-refractivity contribution is -0.152. The fourth-order valence-corrected chi connectivity index (χ4v) is 6.32. The van der Waals surface area contributed by atoms with Gasteiger partial charge in [0.2, 0.25) is 6.79 Å². The molecule has 2 aromatic heterocycles. The summed E-state index contributed by atoms with van der Waals surface area (Å²) < 4.78 is 12.1. The van der Waals surface area contributed by atoms with E-state index in [1.54, 1.807) is 55.8 Å². The number of nitrogens with two attached hydrogens (primary N) is 2. The van der Waals surface area contributed by atoms with Crippen LogP contribution in [-0.4, -0.2) is 46.5 Å². The highest BCUT2D eigenvalue weighted by Crippen LogP contribution is 2.66. The van der Waals surface area contributed by atoms with Crippen LogP contribution in [0.2, 0.25) is 5.02 Å². The molecule has 0 unspecified atom stereocenters. The van der Waals surface area contributed by atoms with Gasteiger partial charge in [0.15, 0.2) is 0 Å². The molecule has 2 aromatic carbocycles. The molecule has 0 aliphatic heterocycles. The third kappa shape index (κ3) is 7.15. The Morgan fingerprint density at radius 3 is 2.59 bits per heavy atom. The van der Waals surface area contributed by atoms with Crippen LogP contribution < -0.4 is 32.6 Å². The third-order valence-electron chi connectivity index (χ3n) is 9.29. The first-order valence-corrected chi connectivity index (χ1v) is 17.0. The van der Waals surface area contributed by atoms with Gasteiger partial charge in [-0.1, -0.05) is 44.5 Å². The smallest absolute Gasteiger partial charge is 0.418 e. The molecule has 6 rings (SSSR count). The average Bonchev–Trinajstić information content (AvgIpc) is 3.97. The van der Waals surface area contributed by atoms with Gasteiger partial charge in [0.25, 0.3) is 5.56 Å². The van der Waals surface area contributed by atoms with Crippen molar-refractivity contribution in [2.75, 3.05) is 23.6 Å². The Labute approximate surface area is 300 Å². The van der Waals surface area contributed by atoms with E-state index in [-0.39, 0.29) is 38.5 Å². The molecule has 0 saturated heterocycles. The number of nitrogens with one attached hydrogen (secondary N) is 2. The van der Waals surface area contributed by atoms with Gasteiger partial charge in [-0.2, -0.15) is 5.26 Å². The zero-order valence-corrected chi connectivity index (χ0v) is 29.9. The lowest BCUT2D eigenvalue weighted by Crippen LogP contribution is -2.40. The van der Waals surface area contributed by atoms with Gasteiger partial charge >= 0.3 is 12.1 Å². The number of aromatic nitrogens is 2. The zero-order valence-electron chi connectivity index (χ0n) is 29.1. The van der Waals surface area contributed by atoms with Crippen molar-refractivity contribution in [1.82, 2.24) is 14.9 Å². The Kier molecular flexibility index (Phi) is 9.35. The molecule has 2 atom stereocenters. The number of benzene rings is 2. The highest BCUT2D eigenvalue weighted by molar-refractivity contribution is 6.36. The lowest BCUT2D eigenvalue weighted by Gasteiger charge is -2.33. The Morgan fingerprint density at radius 2 is 1.94 bits per heavy atom. The maximum absolute atomic E-state index is 14.4. The van der Waals surface area contributed by atoms with E-state index in [0.29, 0.717) is 45.4 Å². The standard InChI is InChI=1S/C37H41ClN8O5/c1-20(40)34(48)50-19-51-35(49)46(23-11-27-30(43-18-36(2,3)4)21(15-39)16-42-31(27)28(38)12-23)32(29(41)17-44-37-13-22(37)14-37)25-7-6-8-26-24(25)9-10-45(5)33(26)47/h6-12,16-17,20,22,32,44H,13-14,18-19,40-41H2,1-5H3,(H,42,43)/b29-17-/t20-,22?,32-,37?/m0/s1. The Bertz CT molecular complexity index is 2180. The number of carbonyl (C=O) groups is 2. The van der Waals surface area contributed by atoms with E-state index in [9.17, 15) is 19.6 Å². The number of hydrogen-bond donors (Lipinski definition) is 4. The summed E-state index contributed by atoms with van der Waals surface area (Å²) in [4.78, 5) is 45.6. The van der Waals surface area contributed by atoms with Crippen LogP contribution in [0.4, 0.5) is 16.2 Å². The average molecular weight is 713 g/mol. The minimum absolute atomic E-state index is 0.00156. The SMILES string of the molecule is C[C@H](N)C(=O)OCOC(=O)N(c1cc(Cl)c2ncc(C#N)c(NCC(C)(C)C)c2c1)[C@H](/C(N)=C/NC12CC1C2)c1cccc2c(=O)n(C)ccc12. The second kappa shape index (κ2) is 13.4. The summed E-state index contributed by atoms with van der Waals surface area (Å²) in [6, 6.07) is 10.4. The number of halogens is 1.